The van der Waals surface area contributed by atoms with Gasteiger partial charge in [-0.3, -0.25) is 4.79 Å². The Bertz CT molecular complexity index is 720. The molecule has 1 aromatic carbocycles. The minimum atomic E-state index is -1.39. The monoisotopic (exact) mass is 447 g/mol. The summed E-state index contributed by atoms with van der Waals surface area (Å²) in [6.45, 7) is 0.855. The van der Waals surface area contributed by atoms with Gasteiger partial charge < -0.3 is 34.9 Å². The van der Waals surface area contributed by atoms with Gasteiger partial charge in [0.2, 0.25) is 0 Å². The fourth-order valence-corrected chi connectivity index (χ4v) is 4.69. The van der Waals surface area contributed by atoms with E-state index in [4.69, 9.17) is 9.47 Å². The van der Waals surface area contributed by atoms with Crippen LogP contribution in [0.1, 0.15) is 40.0 Å². The van der Waals surface area contributed by atoms with Crippen LogP contribution in [0.25, 0.3) is 0 Å². The summed E-state index contributed by atoms with van der Waals surface area (Å²) in [6.07, 6.45) is -0.437. The number of carboxylic acids is 1. The van der Waals surface area contributed by atoms with Crippen LogP contribution in [0, 0.1) is 5.92 Å². The number of rotatable bonds is 7. The van der Waals surface area contributed by atoms with Crippen molar-refractivity contribution in [3.63, 3.8) is 0 Å². The van der Waals surface area contributed by atoms with Gasteiger partial charge in [-0.1, -0.05) is 24.6 Å². The maximum Gasteiger partial charge on any atom is 1.00 e. The molecule has 0 saturated carbocycles. The molecule has 3 aliphatic heterocycles. The van der Waals surface area contributed by atoms with E-state index in [2.05, 4.69) is 5.32 Å². The molecule has 1 amide bonds. The zero-order valence-electron chi connectivity index (χ0n) is 17.0. The second kappa shape index (κ2) is 12.4. The average molecular weight is 447 g/mol. The maximum absolute atomic E-state index is 12.2. The molecule has 5 atom stereocenters. The second-order valence-electron chi connectivity index (χ2n) is 7.22. The van der Waals surface area contributed by atoms with Crippen molar-refractivity contribution in [3.05, 3.63) is 35.4 Å². The first-order valence-electron chi connectivity index (χ1n) is 9.78. The van der Waals surface area contributed by atoms with E-state index < -0.39 is 30.4 Å². The maximum atomic E-state index is 12.2. The number of hydrogen-bond acceptors (Lipinski definition) is 8. The van der Waals surface area contributed by atoms with E-state index in [9.17, 15) is 24.9 Å². The summed E-state index contributed by atoms with van der Waals surface area (Å²) in [7, 11) is 0. The van der Waals surface area contributed by atoms with Crippen LogP contribution >= 0.6 is 11.8 Å². The number of carbonyl (C=O) groups is 2. The molecule has 2 bridgehead atoms. The van der Waals surface area contributed by atoms with Crippen LogP contribution in [0.3, 0.4) is 0 Å². The zero-order valence-corrected chi connectivity index (χ0v) is 19.8. The van der Waals surface area contributed by atoms with Gasteiger partial charge >= 0.3 is 29.6 Å². The molecule has 0 aliphatic carbocycles. The minimum absolute atomic E-state index is 0. The molecule has 5 unspecified atom stereocenters. The van der Waals surface area contributed by atoms with Gasteiger partial charge in [0.15, 0.2) is 6.29 Å². The topological polar surface area (TPSA) is 128 Å². The van der Waals surface area contributed by atoms with Crippen molar-refractivity contribution in [1.29, 1.82) is 0 Å². The molecule has 0 radical (unpaired) electrons. The number of benzene rings is 1. The molecule has 1 aromatic rings. The summed E-state index contributed by atoms with van der Waals surface area (Å²) >= 11 is 1.56. The Morgan fingerprint density at radius 2 is 1.90 bits per heavy atom. The Hall–Kier alpha value is -0.650. The summed E-state index contributed by atoms with van der Waals surface area (Å²) in [5.74, 6) is -0.814. The second-order valence-corrected chi connectivity index (χ2v) is 8.37. The molecule has 8 nitrogen and oxygen atoms in total. The van der Waals surface area contributed by atoms with Crippen molar-refractivity contribution in [2.24, 2.45) is 5.92 Å². The van der Waals surface area contributed by atoms with Gasteiger partial charge in [-0.05, 0) is 18.9 Å². The van der Waals surface area contributed by atoms with Crippen LogP contribution in [0.15, 0.2) is 24.3 Å². The van der Waals surface area contributed by atoms with Crippen molar-refractivity contribution < 1.29 is 63.9 Å². The van der Waals surface area contributed by atoms with E-state index >= 15 is 0 Å². The number of amides is 1. The summed E-state index contributed by atoms with van der Waals surface area (Å²) in [5, 5.41) is 34.4. The SMILES string of the molecule is O=C([O-])c1ccccc1C(=O)NCCSCC1OC2OCCCCC1C(O)C2O.[Na+]. The van der Waals surface area contributed by atoms with Crippen LogP contribution in [0.4, 0.5) is 0 Å². The van der Waals surface area contributed by atoms with Crippen molar-refractivity contribution in [3.8, 4) is 0 Å². The van der Waals surface area contributed by atoms with E-state index in [-0.39, 0.29) is 52.7 Å². The zero-order chi connectivity index (χ0) is 20.8. The number of aliphatic hydroxyl groups excluding tert-OH is 2. The van der Waals surface area contributed by atoms with Gasteiger partial charge in [0, 0.05) is 41.7 Å². The first kappa shape index (κ1) is 25.6. The van der Waals surface area contributed by atoms with E-state index in [0.29, 0.717) is 24.7 Å². The molecular weight excluding hydrogens is 421 g/mol. The fourth-order valence-electron chi connectivity index (χ4n) is 3.72. The van der Waals surface area contributed by atoms with Gasteiger partial charge in [0.1, 0.15) is 6.10 Å². The van der Waals surface area contributed by atoms with Gasteiger partial charge in [0.25, 0.3) is 5.91 Å². The number of carbonyl (C=O) groups excluding carboxylic acids is 2. The Labute approximate surface area is 202 Å². The smallest absolute Gasteiger partial charge is 0.545 e. The van der Waals surface area contributed by atoms with Crippen molar-refractivity contribution in [1.82, 2.24) is 5.32 Å². The summed E-state index contributed by atoms with van der Waals surface area (Å²) in [4.78, 5) is 23.3. The van der Waals surface area contributed by atoms with Crippen LogP contribution in [0.2, 0.25) is 0 Å². The molecule has 3 N–H and O–H groups in total. The Balaban J connectivity index is 0.00000320. The molecule has 160 valence electrons. The van der Waals surface area contributed by atoms with E-state index in [1.165, 1.54) is 18.2 Å². The number of carboxylic acid groups (broad SMARTS) is 1. The third-order valence-corrected chi connectivity index (χ3v) is 6.33. The van der Waals surface area contributed by atoms with Crippen LogP contribution in [0.5, 0.6) is 0 Å². The third-order valence-electron chi connectivity index (χ3n) is 5.27. The standard InChI is InChI=1S/C20H27NO7S.Na/c22-16-14-7-3-4-9-27-20(17(16)23)28-15(14)11-29-10-8-21-18(24)12-5-1-2-6-13(12)19(25)26;/h1-2,5-6,14-17,20,22-23H,3-4,7-11H2,(H,21,24)(H,25,26);/q;+1/p-1. The van der Waals surface area contributed by atoms with Gasteiger partial charge in [-0.15, -0.1) is 0 Å². The van der Waals surface area contributed by atoms with Gasteiger partial charge in [-0.25, -0.2) is 0 Å². The van der Waals surface area contributed by atoms with E-state index in [0.717, 1.165) is 19.3 Å². The first-order chi connectivity index (χ1) is 14.0. The fraction of sp³-hybridized carbons (Fsp3) is 0.600. The molecule has 0 spiro atoms. The van der Waals surface area contributed by atoms with Crippen LogP contribution < -0.4 is 40.0 Å². The molecule has 10 heteroatoms. The molecule has 4 rings (SSSR count). The summed E-state index contributed by atoms with van der Waals surface area (Å²) in [6, 6.07) is 5.92. The molecule has 3 aliphatic rings. The number of aromatic carboxylic acids is 1. The predicted molar refractivity (Wildman–Crippen MR) is 104 cm³/mol. The third kappa shape index (κ3) is 6.43. The van der Waals surface area contributed by atoms with Crippen molar-refractivity contribution in [2.45, 2.75) is 43.9 Å². The Morgan fingerprint density at radius 3 is 2.63 bits per heavy atom. The summed E-state index contributed by atoms with van der Waals surface area (Å²) < 4.78 is 11.4. The van der Waals surface area contributed by atoms with E-state index in [1.54, 1.807) is 17.8 Å². The first-order valence-corrected chi connectivity index (χ1v) is 10.9. The number of aliphatic hydroxyl groups is 2. The van der Waals surface area contributed by atoms with Crippen molar-refractivity contribution >= 4 is 23.6 Å². The van der Waals surface area contributed by atoms with Gasteiger partial charge in [-0.2, -0.15) is 11.8 Å². The largest absolute Gasteiger partial charge is 1.00 e. The minimum Gasteiger partial charge on any atom is -0.545 e. The Kier molecular flexibility index (Phi) is 10.6. The van der Waals surface area contributed by atoms with Crippen LogP contribution in [-0.4, -0.2) is 71.3 Å². The molecule has 3 fully saturated rings. The molecule has 30 heavy (non-hydrogen) atoms. The quantitative estimate of drug-likeness (QED) is 0.294. The number of thioether (sulfide) groups is 1. The molecule has 3 heterocycles. The Morgan fingerprint density at radius 1 is 1.17 bits per heavy atom. The van der Waals surface area contributed by atoms with Crippen LogP contribution in [-0.2, 0) is 9.47 Å². The molecular formula is C20H26NNaO7S. The number of fused-ring (bicyclic) bond motifs is 6. The average Bonchev–Trinajstić information content (AvgIpc) is 2.85. The van der Waals surface area contributed by atoms with E-state index in [1.807, 2.05) is 0 Å². The number of nitrogens with one attached hydrogen (secondary N) is 1. The summed E-state index contributed by atoms with van der Waals surface area (Å²) in [5.41, 5.74) is -0.0659. The number of ether oxygens (including phenoxy) is 2. The molecule has 3 saturated heterocycles. The molecule has 0 aromatic heterocycles. The van der Waals surface area contributed by atoms with Gasteiger partial charge in [0.05, 0.1) is 18.2 Å². The normalized spacial score (nSPS) is 28.5. The number of hydrogen-bond donors (Lipinski definition) is 3. The predicted octanol–water partition coefficient (Wildman–Crippen LogP) is -3.22. The van der Waals surface area contributed by atoms with Crippen molar-refractivity contribution in [2.75, 3.05) is 24.7 Å².